The molecule has 1 atom stereocenters. The molecule has 2 aromatic carbocycles. The zero-order valence-electron chi connectivity index (χ0n) is 18.2. The molecule has 9 heteroatoms. The van der Waals surface area contributed by atoms with Gasteiger partial charge < -0.3 is 20.3 Å². The molecule has 2 aromatic rings. The summed E-state index contributed by atoms with van der Waals surface area (Å²) >= 11 is 1.27. The number of carbonyl (C=O) groups excluding carboxylic acids is 4. The van der Waals surface area contributed by atoms with Crippen LogP contribution < -0.4 is 10.6 Å². The molecule has 0 aliphatic carbocycles. The Hall–Kier alpha value is -3.33. The molecule has 1 saturated heterocycles. The van der Waals surface area contributed by atoms with Crippen LogP contribution >= 0.6 is 11.8 Å². The van der Waals surface area contributed by atoms with E-state index in [0.29, 0.717) is 43.8 Å². The van der Waals surface area contributed by atoms with Gasteiger partial charge >= 0.3 is 5.97 Å². The normalized spacial score (nSPS) is 18.2. The Morgan fingerprint density at radius 3 is 2.48 bits per heavy atom. The van der Waals surface area contributed by atoms with Gasteiger partial charge in [-0.15, -0.1) is 11.8 Å². The molecular weight excluding hydrogens is 442 g/mol. The van der Waals surface area contributed by atoms with Crippen molar-refractivity contribution in [2.75, 3.05) is 30.3 Å². The molecule has 0 aromatic heterocycles. The number of para-hydroxylation sites is 1. The largest absolute Gasteiger partial charge is 0.462 e. The van der Waals surface area contributed by atoms with Gasteiger partial charge in [-0.3, -0.25) is 14.4 Å². The van der Waals surface area contributed by atoms with E-state index in [4.69, 9.17) is 4.74 Å². The van der Waals surface area contributed by atoms with E-state index < -0.39 is 11.2 Å². The van der Waals surface area contributed by atoms with Gasteiger partial charge in [-0.05, 0) is 56.2 Å². The van der Waals surface area contributed by atoms with Crippen molar-refractivity contribution in [3.05, 3.63) is 54.1 Å². The van der Waals surface area contributed by atoms with E-state index in [2.05, 4.69) is 10.6 Å². The van der Waals surface area contributed by atoms with Crippen LogP contribution in [0.4, 0.5) is 11.4 Å². The van der Waals surface area contributed by atoms with Crippen molar-refractivity contribution in [1.29, 1.82) is 0 Å². The van der Waals surface area contributed by atoms with E-state index >= 15 is 0 Å². The maximum absolute atomic E-state index is 13.0. The second kappa shape index (κ2) is 10.1. The lowest BCUT2D eigenvalue weighted by atomic mass is 9.95. The summed E-state index contributed by atoms with van der Waals surface area (Å²) < 4.78 is 4.96. The van der Waals surface area contributed by atoms with Crippen LogP contribution in [0.3, 0.4) is 0 Å². The minimum Gasteiger partial charge on any atom is -0.462 e. The third-order valence-electron chi connectivity index (χ3n) is 5.69. The van der Waals surface area contributed by atoms with Crippen molar-refractivity contribution < 1.29 is 23.9 Å². The van der Waals surface area contributed by atoms with E-state index in [1.807, 2.05) is 24.3 Å². The Balaban J connectivity index is 1.29. The fourth-order valence-corrected chi connectivity index (χ4v) is 4.96. The molecule has 4 rings (SSSR count). The Labute approximate surface area is 196 Å². The summed E-state index contributed by atoms with van der Waals surface area (Å²) in [5.41, 5.74) is 1.75. The predicted octanol–water partition coefficient (Wildman–Crippen LogP) is 3.15. The average molecular weight is 468 g/mol. The Bertz CT molecular complexity index is 1060. The first-order valence-electron chi connectivity index (χ1n) is 10.9. The molecular formula is C24H25N3O5S. The number of fused-ring (bicyclic) bond motifs is 1. The number of hydrogen-bond acceptors (Lipinski definition) is 6. The predicted molar refractivity (Wildman–Crippen MR) is 125 cm³/mol. The molecule has 2 aliphatic heterocycles. The van der Waals surface area contributed by atoms with Crippen molar-refractivity contribution in [2.24, 2.45) is 5.92 Å². The Kier molecular flexibility index (Phi) is 6.98. The molecule has 1 fully saturated rings. The summed E-state index contributed by atoms with van der Waals surface area (Å²) in [4.78, 5) is 52.4. The third kappa shape index (κ3) is 5.19. The number of esters is 1. The second-order valence-electron chi connectivity index (χ2n) is 7.87. The smallest absolute Gasteiger partial charge is 0.338 e. The highest BCUT2D eigenvalue weighted by atomic mass is 32.2. The lowest BCUT2D eigenvalue weighted by Gasteiger charge is -2.34. The molecule has 8 nitrogen and oxygen atoms in total. The highest BCUT2D eigenvalue weighted by Gasteiger charge is 2.37. The van der Waals surface area contributed by atoms with Crippen LogP contribution in [-0.2, 0) is 19.1 Å². The van der Waals surface area contributed by atoms with Gasteiger partial charge in [0.05, 0.1) is 17.9 Å². The molecule has 172 valence electrons. The molecule has 33 heavy (non-hydrogen) atoms. The van der Waals surface area contributed by atoms with Crippen LogP contribution in [0.5, 0.6) is 0 Å². The number of hydrogen-bond donors (Lipinski definition) is 2. The van der Waals surface area contributed by atoms with Crippen molar-refractivity contribution in [3.8, 4) is 0 Å². The molecule has 0 saturated carbocycles. The molecule has 0 bridgehead atoms. The average Bonchev–Trinajstić information content (AvgIpc) is 2.84. The summed E-state index contributed by atoms with van der Waals surface area (Å²) in [6, 6.07) is 14.0. The maximum atomic E-state index is 13.0. The van der Waals surface area contributed by atoms with Crippen molar-refractivity contribution in [3.63, 3.8) is 0 Å². The molecule has 2 aliphatic rings. The third-order valence-corrected chi connectivity index (χ3v) is 6.95. The van der Waals surface area contributed by atoms with E-state index in [0.717, 1.165) is 10.6 Å². The number of benzene rings is 2. The molecule has 2 heterocycles. The standard InChI is InChI=1S/C24H25N3O5S/c1-2-32-24(31)16-7-9-17(10-8-16)25-21(28)15-11-13-27(14-12-15)23(30)20-22(29)26-18-5-3-4-6-19(18)33-20/h3-10,15,20H,2,11-14H2,1H3,(H,25,28)(H,26,29)/t20-/m0/s1. The van der Waals surface area contributed by atoms with Crippen LogP contribution in [0.2, 0.25) is 0 Å². The summed E-state index contributed by atoms with van der Waals surface area (Å²) in [5.74, 6) is -1.28. The first kappa shape index (κ1) is 22.8. The van der Waals surface area contributed by atoms with Crippen LogP contribution in [0, 0.1) is 5.92 Å². The van der Waals surface area contributed by atoms with Crippen LogP contribution in [0.1, 0.15) is 30.1 Å². The van der Waals surface area contributed by atoms with Gasteiger partial charge in [0, 0.05) is 29.6 Å². The number of likely N-dealkylation sites (tertiary alicyclic amines) is 1. The zero-order chi connectivity index (χ0) is 23.4. The fourth-order valence-electron chi connectivity index (χ4n) is 3.89. The number of thioether (sulfide) groups is 1. The fraction of sp³-hybridized carbons (Fsp3) is 0.333. The van der Waals surface area contributed by atoms with Crippen molar-refractivity contribution in [2.45, 2.75) is 29.9 Å². The van der Waals surface area contributed by atoms with Gasteiger partial charge in [0.2, 0.25) is 17.7 Å². The zero-order valence-corrected chi connectivity index (χ0v) is 19.0. The van der Waals surface area contributed by atoms with E-state index in [1.54, 1.807) is 36.1 Å². The minimum atomic E-state index is -0.816. The number of ether oxygens (including phenoxy) is 1. The number of piperidine rings is 1. The molecule has 2 N–H and O–H groups in total. The highest BCUT2D eigenvalue weighted by Crippen LogP contribution is 2.36. The van der Waals surface area contributed by atoms with Crippen molar-refractivity contribution in [1.82, 2.24) is 4.90 Å². The van der Waals surface area contributed by atoms with E-state index in [9.17, 15) is 19.2 Å². The summed E-state index contributed by atoms with van der Waals surface area (Å²) in [5, 5.41) is 4.86. The molecule has 0 radical (unpaired) electrons. The lowest BCUT2D eigenvalue weighted by molar-refractivity contribution is -0.136. The van der Waals surface area contributed by atoms with Crippen LogP contribution in [0.25, 0.3) is 0 Å². The number of rotatable bonds is 5. The molecule has 3 amide bonds. The monoisotopic (exact) mass is 467 g/mol. The number of carbonyl (C=O) groups is 4. The van der Waals surface area contributed by atoms with E-state index in [-0.39, 0.29) is 23.6 Å². The second-order valence-corrected chi connectivity index (χ2v) is 9.02. The topological polar surface area (TPSA) is 105 Å². The first-order valence-corrected chi connectivity index (χ1v) is 11.8. The summed E-state index contributed by atoms with van der Waals surface area (Å²) in [6.45, 7) is 2.89. The first-order chi connectivity index (χ1) is 16.0. The van der Waals surface area contributed by atoms with Crippen molar-refractivity contribution >= 4 is 46.8 Å². The summed E-state index contributed by atoms with van der Waals surface area (Å²) in [6.07, 6.45) is 1.04. The summed E-state index contributed by atoms with van der Waals surface area (Å²) in [7, 11) is 0. The number of nitrogens with one attached hydrogen (secondary N) is 2. The van der Waals surface area contributed by atoms with Gasteiger partial charge in [0.25, 0.3) is 0 Å². The van der Waals surface area contributed by atoms with Gasteiger partial charge in [0.1, 0.15) is 0 Å². The lowest BCUT2D eigenvalue weighted by Crippen LogP contribution is -2.48. The molecule has 0 spiro atoms. The number of nitrogens with zero attached hydrogens (tertiary/aromatic N) is 1. The van der Waals surface area contributed by atoms with Gasteiger partial charge in [0.15, 0.2) is 5.25 Å². The maximum Gasteiger partial charge on any atom is 0.338 e. The van der Waals surface area contributed by atoms with E-state index in [1.165, 1.54) is 11.8 Å². The van der Waals surface area contributed by atoms with Gasteiger partial charge in [-0.2, -0.15) is 0 Å². The minimum absolute atomic E-state index is 0.121. The number of anilines is 2. The Morgan fingerprint density at radius 2 is 1.79 bits per heavy atom. The SMILES string of the molecule is CCOC(=O)c1ccc(NC(=O)C2CCN(C(=O)[C@H]3Sc4ccccc4NC3=O)CC2)cc1. The number of amides is 3. The van der Waals surface area contributed by atoms with Crippen LogP contribution in [-0.4, -0.2) is 53.5 Å². The van der Waals surface area contributed by atoms with Crippen LogP contribution in [0.15, 0.2) is 53.4 Å². The molecule has 0 unspecified atom stereocenters. The van der Waals surface area contributed by atoms with Gasteiger partial charge in [-0.1, -0.05) is 12.1 Å². The Morgan fingerprint density at radius 1 is 1.09 bits per heavy atom. The highest BCUT2D eigenvalue weighted by molar-refractivity contribution is 8.01. The quantitative estimate of drug-likeness (QED) is 0.517. The van der Waals surface area contributed by atoms with Gasteiger partial charge in [-0.25, -0.2) is 4.79 Å².